The van der Waals surface area contributed by atoms with E-state index in [9.17, 15) is 0 Å². The second-order valence-electron chi connectivity index (χ2n) is 9.93. The minimum atomic E-state index is -0.746. The van der Waals surface area contributed by atoms with E-state index in [0.29, 0.717) is 0 Å². The van der Waals surface area contributed by atoms with Crippen molar-refractivity contribution in [2.45, 2.75) is 129 Å². The zero-order chi connectivity index (χ0) is 21.8. The van der Waals surface area contributed by atoms with Gasteiger partial charge in [-0.2, -0.15) is 0 Å². The van der Waals surface area contributed by atoms with Crippen molar-refractivity contribution in [2.75, 3.05) is 0 Å². The highest BCUT2D eigenvalue weighted by molar-refractivity contribution is 6.19. The van der Waals surface area contributed by atoms with Crippen molar-refractivity contribution in [3.05, 3.63) is 0 Å². The Morgan fingerprint density at radius 2 is 0.704 bits per heavy atom. The van der Waals surface area contributed by atoms with Gasteiger partial charge in [0.2, 0.25) is 0 Å². The molecule has 0 aliphatic carbocycles. The smallest absolute Gasteiger partial charge is 0.180 e. The number of rotatable bonds is 12. The Hall–Kier alpha value is 0.234. The van der Waals surface area contributed by atoms with Gasteiger partial charge in [0.1, 0.15) is 0 Å². The fourth-order valence-electron chi connectivity index (χ4n) is 3.45. The van der Waals surface area contributed by atoms with Crippen LogP contribution in [0.15, 0.2) is 0 Å². The van der Waals surface area contributed by atoms with Gasteiger partial charge in [-0.25, -0.2) is 0 Å². The standard InChI is InChI=1S/C20H47NO4Si2/c1-13(2)22-19(11,23-14(3)4)17(9,26)21-18(10,27)20(12,24-15(5)6)25-16(7)8/h13-16,21H,1-12,26-27H3. The first kappa shape index (κ1) is 27.2. The quantitative estimate of drug-likeness (QED) is 0.385. The van der Waals surface area contributed by atoms with Crippen LogP contribution in [0.4, 0.5) is 0 Å². The number of hydrogen-bond acceptors (Lipinski definition) is 5. The summed E-state index contributed by atoms with van der Waals surface area (Å²) in [5, 5.41) is 3.16. The highest BCUT2D eigenvalue weighted by atomic mass is 28.2. The van der Waals surface area contributed by atoms with E-state index in [1.54, 1.807) is 0 Å². The van der Waals surface area contributed by atoms with E-state index in [4.69, 9.17) is 18.9 Å². The lowest BCUT2D eigenvalue weighted by Crippen LogP contribution is -2.75. The average molecular weight is 422 g/mol. The van der Waals surface area contributed by atoms with Crippen LogP contribution in [-0.4, -0.2) is 66.8 Å². The van der Waals surface area contributed by atoms with Gasteiger partial charge in [-0.3, -0.25) is 0 Å². The molecule has 0 saturated carbocycles. The molecule has 1 N–H and O–H groups in total. The molecule has 0 aliphatic rings. The van der Waals surface area contributed by atoms with Crippen molar-refractivity contribution in [3.8, 4) is 0 Å². The van der Waals surface area contributed by atoms with E-state index >= 15 is 0 Å². The van der Waals surface area contributed by atoms with Crippen LogP contribution in [0.2, 0.25) is 0 Å². The lowest BCUT2D eigenvalue weighted by molar-refractivity contribution is -0.301. The Bertz CT molecular complexity index is 391. The molecule has 0 fully saturated rings. The van der Waals surface area contributed by atoms with Crippen LogP contribution in [-0.2, 0) is 18.9 Å². The van der Waals surface area contributed by atoms with Gasteiger partial charge in [0.25, 0.3) is 0 Å². The molecule has 0 saturated heterocycles. The Balaban J connectivity index is 5.89. The lowest BCUT2D eigenvalue weighted by atomic mass is 10.0. The zero-order valence-corrected chi connectivity index (χ0v) is 24.4. The van der Waals surface area contributed by atoms with Gasteiger partial charge in [-0.05, 0) is 83.1 Å². The van der Waals surface area contributed by atoms with Crippen molar-refractivity contribution in [3.63, 3.8) is 0 Å². The van der Waals surface area contributed by atoms with Gasteiger partial charge in [-0.15, -0.1) is 0 Å². The first-order valence-corrected chi connectivity index (χ1v) is 12.4. The van der Waals surface area contributed by atoms with Crippen LogP contribution in [0.3, 0.4) is 0 Å². The van der Waals surface area contributed by atoms with Gasteiger partial charge in [0.05, 0.1) is 34.7 Å². The molecule has 7 heteroatoms. The fraction of sp³-hybridized carbons (Fsp3) is 1.00. The molecule has 0 radical (unpaired) electrons. The Labute approximate surface area is 174 Å². The molecule has 0 aromatic rings. The maximum atomic E-state index is 6.32. The number of ether oxygens (including phenoxy) is 4. The molecule has 0 aromatic heterocycles. The predicted octanol–water partition coefficient (Wildman–Crippen LogP) is 1.87. The summed E-state index contributed by atoms with van der Waals surface area (Å²) in [5.41, 5.74) is 0. The highest BCUT2D eigenvalue weighted by Crippen LogP contribution is 2.35. The molecule has 0 bridgehead atoms. The Morgan fingerprint density at radius 3 is 0.852 bits per heavy atom. The van der Waals surface area contributed by atoms with Crippen LogP contribution in [0.1, 0.15) is 83.1 Å². The molecular weight excluding hydrogens is 374 g/mol. The Kier molecular flexibility index (Phi) is 9.91. The van der Waals surface area contributed by atoms with Crippen molar-refractivity contribution >= 4 is 20.5 Å². The summed E-state index contributed by atoms with van der Waals surface area (Å²) < 4.78 is 25.3. The van der Waals surface area contributed by atoms with Gasteiger partial charge in [-0.1, -0.05) is 0 Å². The molecule has 0 aromatic carbocycles. The van der Waals surface area contributed by atoms with Crippen LogP contribution >= 0.6 is 0 Å². The molecule has 0 aliphatic heterocycles. The van der Waals surface area contributed by atoms with Crippen LogP contribution in [0.5, 0.6) is 0 Å². The van der Waals surface area contributed by atoms with Crippen molar-refractivity contribution in [1.29, 1.82) is 0 Å². The van der Waals surface area contributed by atoms with E-state index in [1.807, 2.05) is 55.4 Å². The predicted molar refractivity (Wildman–Crippen MR) is 122 cm³/mol. The van der Waals surface area contributed by atoms with Crippen molar-refractivity contribution < 1.29 is 18.9 Å². The summed E-state index contributed by atoms with van der Waals surface area (Å²) in [6.07, 6.45) is 0.257. The lowest BCUT2D eigenvalue weighted by Gasteiger charge is -2.54. The summed E-state index contributed by atoms with van der Waals surface area (Å²) in [6.45, 7) is 24.9. The summed E-state index contributed by atoms with van der Waals surface area (Å²) in [6, 6.07) is 0. The molecule has 0 rings (SSSR count). The number of hydrogen-bond donors (Lipinski definition) is 1. The van der Waals surface area contributed by atoms with Gasteiger partial charge in [0, 0.05) is 20.5 Å². The van der Waals surface area contributed by atoms with Gasteiger partial charge < -0.3 is 24.3 Å². The molecule has 164 valence electrons. The summed E-state index contributed by atoms with van der Waals surface area (Å²) in [4.78, 5) is 0. The third kappa shape index (κ3) is 7.87. The molecular formula is C20H47NO4Si2. The largest absolute Gasteiger partial charge is 0.346 e. The van der Waals surface area contributed by atoms with Crippen LogP contribution < -0.4 is 5.32 Å². The summed E-state index contributed by atoms with van der Waals surface area (Å²) in [7, 11) is 1.66. The normalized spacial score (nSPS) is 18.7. The molecule has 0 heterocycles. The first-order valence-electron chi connectivity index (χ1n) is 10.4. The summed E-state index contributed by atoms with van der Waals surface area (Å²) >= 11 is 0. The monoisotopic (exact) mass is 421 g/mol. The minimum absolute atomic E-state index is 0.0643. The topological polar surface area (TPSA) is 49.0 Å². The van der Waals surface area contributed by atoms with E-state index in [2.05, 4.69) is 33.0 Å². The maximum absolute atomic E-state index is 6.32. The second kappa shape index (κ2) is 9.82. The third-order valence-electron chi connectivity index (χ3n) is 4.74. The molecule has 5 nitrogen and oxygen atoms in total. The maximum Gasteiger partial charge on any atom is 0.180 e. The van der Waals surface area contributed by atoms with Gasteiger partial charge >= 0.3 is 0 Å². The molecule has 2 unspecified atom stereocenters. The zero-order valence-electron chi connectivity index (χ0n) is 20.4. The van der Waals surface area contributed by atoms with Crippen molar-refractivity contribution in [1.82, 2.24) is 5.32 Å². The summed E-state index contributed by atoms with van der Waals surface area (Å²) in [5.74, 6) is -1.49. The minimum Gasteiger partial charge on any atom is -0.346 e. The van der Waals surface area contributed by atoms with E-state index in [-0.39, 0.29) is 34.7 Å². The average Bonchev–Trinajstić information content (AvgIpc) is 2.32. The second-order valence-corrected chi connectivity index (χ2v) is 13.9. The van der Waals surface area contributed by atoms with E-state index in [1.165, 1.54) is 0 Å². The molecule has 2 atom stereocenters. The first-order chi connectivity index (χ1) is 11.9. The van der Waals surface area contributed by atoms with Crippen LogP contribution in [0.25, 0.3) is 0 Å². The SMILES string of the molecule is CC(C)OC(C)(OC(C)C)C(C)([SiH3])NC(C)([SiH3])C(C)(OC(C)C)OC(C)C. The van der Waals surface area contributed by atoms with E-state index < -0.39 is 11.6 Å². The highest BCUT2D eigenvalue weighted by Gasteiger charge is 2.52. The van der Waals surface area contributed by atoms with Crippen LogP contribution in [0, 0.1) is 0 Å². The number of nitrogens with one attached hydrogen (secondary N) is 1. The van der Waals surface area contributed by atoms with E-state index in [0.717, 1.165) is 20.5 Å². The molecule has 0 spiro atoms. The third-order valence-corrected chi connectivity index (χ3v) is 7.05. The van der Waals surface area contributed by atoms with Gasteiger partial charge in [0.15, 0.2) is 11.6 Å². The fourth-order valence-corrected chi connectivity index (χ4v) is 5.67. The molecule has 27 heavy (non-hydrogen) atoms. The molecule has 0 amide bonds. The Morgan fingerprint density at radius 1 is 0.519 bits per heavy atom. The van der Waals surface area contributed by atoms with Crippen molar-refractivity contribution in [2.24, 2.45) is 0 Å².